The van der Waals surface area contributed by atoms with E-state index in [1.54, 1.807) is 12.1 Å². The van der Waals surface area contributed by atoms with Crippen LogP contribution < -0.4 is 0 Å². The van der Waals surface area contributed by atoms with E-state index >= 15 is 13.2 Å². The van der Waals surface area contributed by atoms with E-state index in [4.69, 9.17) is 6.57 Å². The molecule has 0 saturated heterocycles. The van der Waals surface area contributed by atoms with E-state index in [-0.39, 0.29) is 22.4 Å². The van der Waals surface area contributed by atoms with Gasteiger partial charge in [-0.1, -0.05) is 64.7 Å². The Kier molecular flexibility index (Phi) is 6.89. The lowest BCUT2D eigenvalue weighted by Gasteiger charge is -2.24. The molecule has 0 radical (unpaired) electrons. The molecule has 8 aromatic rings. The summed E-state index contributed by atoms with van der Waals surface area (Å²) in [5.41, 5.74) is 7.23. The average molecular weight is 659 g/mol. The van der Waals surface area contributed by atoms with Crippen molar-refractivity contribution in [1.82, 2.24) is 9.13 Å². The highest BCUT2D eigenvalue weighted by Gasteiger charge is 2.37. The van der Waals surface area contributed by atoms with Crippen molar-refractivity contribution >= 4 is 49.3 Å². The van der Waals surface area contributed by atoms with Crippen molar-refractivity contribution in [1.29, 1.82) is 5.26 Å². The zero-order valence-corrected chi connectivity index (χ0v) is 27.7. The first-order valence-corrected chi connectivity index (χ1v) is 16.2. The molecule has 0 aliphatic heterocycles. The summed E-state index contributed by atoms with van der Waals surface area (Å²) in [5, 5.41) is 14.3. The maximum Gasteiger partial charge on any atom is 0.415 e. The van der Waals surface area contributed by atoms with E-state index in [2.05, 4.69) is 35.2 Å². The molecule has 8 rings (SSSR count). The fraction of sp³-hybridized carbons (Fsp3) is 0.116. The number of fused-ring (bicyclic) bond motifs is 6. The summed E-state index contributed by atoms with van der Waals surface area (Å²) >= 11 is 0. The monoisotopic (exact) mass is 658 g/mol. The molecule has 6 aromatic carbocycles. The van der Waals surface area contributed by atoms with Crippen molar-refractivity contribution in [2.45, 2.75) is 33.9 Å². The van der Waals surface area contributed by atoms with E-state index in [1.807, 2.05) is 85.4 Å². The molecule has 0 saturated carbocycles. The van der Waals surface area contributed by atoms with E-state index in [1.165, 1.54) is 12.1 Å². The fourth-order valence-corrected chi connectivity index (χ4v) is 7.44. The normalized spacial score (nSPS) is 11.9. The molecule has 0 N–H and O–H groups in total. The van der Waals surface area contributed by atoms with Crippen molar-refractivity contribution in [3.63, 3.8) is 0 Å². The number of nitriles is 1. The molecule has 242 valence electrons. The Morgan fingerprint density at radius 1 is 0.580 bits per heavy atom. The van der Waals surface area contributed by atoms with Gasteiger partial charge in [-0.25, -0.2) is 4.85 Å². The van der Waals surface area contributed by atoms with Gasteiger partial charge in [-0.05, 0) is 88.4 Å². The van der Waals surface area contributed by atoms with E-state index < -0.39 is 11.7 Å². The van der Waals surface area contributed by atoms with Gasteiger partial charge in [0.1, 0.15) is 0 Å². The highest BCUT2D eigenvalue weighted by Crippen LogP contribution is 2.49. The topological polar surface area (TPSA) is 38.0 Å². The van der Waals surface area contributed by atoms with Crippen LogP contribution in [-0.4, -0.2) is 9.13 Å². The van der Waals surface area contributed by atoms with Crippen LogP contribution in [0.1, 0.15) is 33.4 Å². The molecule has 0 amide bonds. The van der Waals surface area contributed by atoms with Crippen LogP contribution >= 0.6 is 0 Å². The van der Waals surface area contributed by atoms with Gasteiger partial charge in [-0.3, -0.25) is 0 Å². The summed E-state index contributed by atoms with van der Waals surface area (Å²) in [5.74, 6) is 0. The second-order valence-electron chi connectivity index (χ2n) is 13.1. The molecular formula is C43H29F3N4. The van der Waals surface area contributed by atoms with Crippen molar-refractivity contribution in [2.75, 3.05) is 0 Å². The number of benzene rings is 6. The van der Waals surface area contributed by atoms with Gasteiger partial charge < -0.3 is 9.13 Å². The number of aryl methyl sites for hydroxylation is 4. The Hall–Kier alpha value is -6.31. The number of hydrogen-bond donors (Lipinski definition) is 0. The lowest BCUT2D eigenvalue weighted by molar-refractivity contribution is -0.137. The van der Waals surface area contributed by atoms with Crippen LogP contribution in [0.4, 0.5) is 18.9 Å². The first-order valence-electron chi connectivity index (χ1n) is 16.2. The molecule has 0 unspecified atom stereocenters. The van der Waals surface area contributed by atoms with Gasteiger partial charge in [0, 0.05) is 32.7 Å². The number of rotatable bonds is 3. The minimum Gasteiger partial charge on any atom is -0.309 e. The Balaban J connectivity index is 1.67. The minimum absolute atomic E-state index is 0.132. The average Bonchev–Trinajstić information content (AvgIpc) is 3.57. The van der Waals surface area contributed by atoms with Crippen LogP contribution in [0.15, 0.2) is 103 Å². The largest absolute Gasteiger partial charge is 0.415 e. The molecule has 0 atom stereocenters. The van der Waals surface area contributed by atoms with Crippen LogP contribution in [0.5, 0.6) is 0 Å². The SMILES string of the molecule is [C-]#[N+]c1cccc(C(F)(F)F)c1-c1c(-n2c3ccc(C)cc3c3cc(C)ccc32)cc(C#N)cc1-n1c2ccc(C)cc2c2cc(C)ccc21. The third-order valence-electron chi connectivity index (χ3n) is 9.58. The number of halogens is 3. The Morgan fingerprint density at radius 3 is 1.32 bits per heavy atom. The molecule has 50 heavy (non-hydrogen) atoms. The number of aromatic nitrogens is 2. The number of hydrogen-bond acceptors (Lipinski definition) is 1. The second kappa shape index (κ2) is 11.1. The van der Waals surface area contributed by atoms with Gasteiger partial charge in [0.15, 0.2) is 5.69 Å². The highest BCUT2D eigenvalue weighted by molar-refractivity contribution is 6.13. The summed E-state index contributed by atoms with van der Waals surface area (Å²) in [4.78, 5) is 3.67. The molecule has 0 aliphatic rings. The summed E-state index contributed by atoms with van der Waals surface area (Å²) in [6, 6.07) is 33.5. The first kappa shape index (κ1) is 31.0. The molecule has 4 nitrogen and oxygen atoms in total. The van der Waals surface area contributed by atoms with Gasteiger partial charge in [-0.2, -0.15) is 18.4 Å². The first-order chi connectivity index (χ1) is 24.0. The molecule has 0 spiro atoms. The molecule has 0 bridgehead atoms. The Labute approximate surface area is 286 Å². The van der Waals surface area contributed by atoms with Crippen molar-refractivity contribution in [2.24, 2.45) is 0 Å². The third kappa shape index (κ3) is 4.66. The predicted octanol–water partition coefficient (Wildman–Crippen LogP) is 12.2. The molecular weight excluding hydrogens is 629 g/mol. The molecule has 2 aromatic heterocycles. The summed E-state index contributed by atoms with van der Waals surface area (Å²) in [7, 11) is 0. The van der Waals surface area contributed by atoms with Crippen LogP contribution in [0.2, 0.25) is 0 Å². The molecule has 7 heteroatoms. The zero-order chi connectivity index (χ0) is 35.1. The summed E-state index contributed by atoms with van der Waals surface area (Å²) < 4.78 is 49.4. The van der Waals surface area contributed by atoms with Crippen LogP contribution in [-0.2, 0) is 6.18 Å². The molecule has 0 fully saturated rings. The van der Waals surface area contributed by atoms with E-state index in [9.17, 15) is 5.26 Å². The van der Waals surface area contributed by atoms with E-state index in [0.29, 0.717) is 11.4 Å². The van der Waals surface area contributed by atoms with Gasteiger partial charge in [0.25, 0.3) is 0 Å². The lowest BCUT2D eigenvalue weighted by atomic mass is 9.92. The van der Waals surface area contributed by atoms with Gasteiger partial charge in [0.2, 0.25) is 0 Å². The lowest BCUT2D eigenvalue weighted by Crippen LogP contribution is -2.11. The summed E-state index contributed by atoms with van der Waals surface area (Å²) in [6.07, 6.45) is -4.78. The standard InChI is InChI=1S/C43H29F3N4/c1-24-9-13-35-29(17-24)30-18-25(2)10-14-36(30)49(35)39-21-28(23-47)22-40(42(39)41-33(43(44,45)46)7-6-8-34(41)48-5)50-37-15-11-26(3)19-31(37)32-20-27(4)12-16-38(32)50/h6-22H,1-4H3. The zero-order valence-electron chi connectivity index (χ0n) is 27.7. The maximum atomic E-state index is 15.2. The quantitative estimate of drug-likeness (QED) is 0.174. The molecule has 0 aliphatic carbocycles. The van der Waals surface area contributed by atoms with Crippen molar-refractivity contribution in [3.05, 3.63) is 148 Å². The van der Waals surface area contributed by atoms with Gasteiger partial charge in [0.05, 0.1) is 57.2 Å². The smallest absolute Gasteiger partial charge is 0.309 e. The van der Waals surface area contributed by atoms with Crippen LogP contribution in [0, 0.1) is 45.6 Å². The van der Waals surface area contributed by atoms with Gasteiger partial charge >= 0.3 is 6.18 Å². The van der Waals surface area contributed by atoms with Crippen LogP contribution in [0.3, 0.4) is 0 Å². The minimum atomic E-state index is -4.78. The van der Waals surface area contributed by atoms with Crippen molar-refractivity contribution in [3.8, 4) is 28.6 Å². The van der Waals surface area contributed by atoms with Crippen LogP contribution in [0.25, 0.3) is 71.0 Å². The maximum absolute atomic E-state index is 15.2. The Bertz CT molecular complexity index is 2550. The predicted molar refractivity (Wildman–Crippen MR) is 195 cm³/mol. The highest BCUT2D eigenvalue weighted by atomic mass is 19.4. The van der Waals surface area contributed by atoms with Gasteiger partial charge in [-0.15, -0.1) is 0 Å². The van der Waals surface area contributed by atoms with E-state index in [0.717, 1.165) is 71.9 Å². The molecule has 2 heterocycles. The number of alkyl halides is 3. The Morgan fingerprint density at radius 2 is 0.980 bits per heavy atom. The van der Waals surface area contributed by atoms with Crippen molar-refractivity contribution < 1.29 is 13.2 Å². The summed E-state index contributed by atoms with van der Waals surface area (Å²) in [6.45, 7) is 16.1. The fourth-order valence-electron chi connectivity index (χ4n) is 7.44. The number of nitrogens with zero attached hydrogens (tertiary/aromatic N) is 4. The third-order valence-corrected chi connectivity index (χ3v) is 9.58. The second-order valence-corrected chi connectivity index (χ2v) is 13.1.